The van der Waals surface area contributed by atoms with E-state index in [4.69, 9.17) is 22.1 Å². The largest absolute Gasteiger partial charge is 0.456 e. The van der Waals surface area contributed by atoms with Gasteiger partial charge in [-0.2, -0.15) is 0 Å². The third-order valence-electron chi connectivity index (χ3n) is 4.45. The molecule has 29 heavy (non-hydrogen) atoms. The second kappa shape index (κ2) is 7.05. The van der Waals surface area contributed by atoms with Crippen LogP contribution in [-0.2, 0) is 4.74 Å². The molecule has 1 aliphatic heterocycles. The molecular formula is C18H12ClF3N4O3. The van der Waals surface area contributed by atoms with E-state index >= 15 is 0 Å². The number of nitrogens with one attached hydrogen (secondary N) is 1. The van der Waals surface area contributed by atoms with E-state index in [0.29, 0.717) is 19.2 Å². The number of pyridine rings is 2. The van der Waals surface area contributed by atoms with Crippen LogP contribution in [0.15, 0.2) is 29.2 Å². The molecule has 0 atom stereocenters. The Morgan fingerprint density at radius 3 is 2.59 bits per heavy atom. The molecule has 7 nitrogen and oxygen atoms in total. The number of ether oxygens (including phenoxy) is 1. The predicted molar refractivity (Wildman–Crippen MR) is 98.7 cm³/mol. The summed E-state index contributed by atoms with van der Waals surface area (Å²) in [5, 5.41) is 1.99. The maximum atomic E-state index is 14.5. The lowest BCUT2D eigenvalue weighted by atomic mass is 10.1. The van der Waals surface area contributed by atoms with Gasteiger partial charge in [0.1, 0.15) is 23.3 Å². The number of fused-ring (bicyclic) bond motifs is 1. The molecule has 1 aromatic carbocycles. The van der Waals surface area contributed by atoms with Gasteiger partial charge in [-0.25, -0.2) is 22.9 Å². The van der Waals surface area contributed by atoms with Crippen molar-refractivity contribution in [1.29, 1.82) is 0 Å². The highest BCUT2D eigenvalue weighted by atomic mass is 35.5. The first-order valence-electron chi connectivity index (χ1n) is 8.34. The van der Waals surface area contributed by atoms with Crippen LogP contribution in [0.1, 0.15) is 10.4 Å². The van der Waals surface area contributed by atoms with Gasteiger partial charge in [0.15, 0.2) is 16.6 Å². The van der Waals surface area contributed by atoms with Gasteiger partial charge in [-0.3, -0.25) is 9.36 Å². The monoisotopic (exact) mass is 424 g/mol. The number of carbonyl (C=O) groups excluding carboxylic acids is 1. The number of nitrogen functional groups attached to an aromatic ring is 1. The molecule has 1 aliphatic rings. The van der Waals surface area contributed by atoms with Crippen LogP contribution in [0.25, 0.3) is 16.7 Å². The molecule has 3 aromatic rings. The molecule has 11 heteroatoms. The number of halogens is 4. The molecule has 0 spiro atoms. The fourth-order valence-electron chi connectivity index (χ4n) is 2.83. The molecule has 4 rings (SSSR count). The number of nitrogens with two attached hydrogens (primary N) is 1. The number of esters is 1. The quantitative estimate of drug-likeness (QED) is 0.380. The van der Waals surface area contributed by atoms with Crippen LogP contribution in [-0.4, -0.2) is 34.7 Å². The summed E-state index contributed by atoms with van der Waals surface area (Å²) in [5.74, 6) is -4.02. The molecule has 150 valence electrons. The maximum absolute atomic E-state index is 14.5. The highest BCUT2D eigenvalue weighted by molar-refractivity contribution is 6.29. The summed E-state index contributed by atoms with van der Waals surface area (Å²) in [6, 6.07) is 2.28. The van der Waals surface area contributed by atoms with Crippen molar-refractivity contribution in [3.63, 3.8) is 0 Å². The van der Waals surface area contributed by atoms with Crippen molar-refractivity contribution in [1.82, 2.24) is 14.9 Å². The molecule has 0 amide bonds. The van der Waals surface area contributed by atoms with Crippen molar-refractivity contribution in [2.45, 2.75) is 6.10 Å². The van der Waals surface area contributed by atoms with Gasteiger partial charge in [0.2, 0.25) is 5.43 Å². The van der Waals surface area contributed by atoms with Gasteiger partial charge in [-0.15, -0.1) is 0 Å². The summed E-state index contributed by atoms with van der Waals surface area (Å²) < 4.78 is 48.2. The van der Waals surface area contributed by atoms with E-state index in [1.165, 1.54) is 0 Å². The Morgan fingerprint density at radius 1 is 1.21 bits per heavy atom. The molecule has 2 aromatic heterocycles. The van der Waals surface area contributed by atoms with Crippen LogP contribution >= 0.6 is 11.6 Å². The molecule has 1 fully saturated rings. The SMILES string of the molecule is Nc1cc(-n2cc(C(=O)OC3CNC3)c(=O)c3cc(F)c(Cl)nc32)c(F)cc1F. The standard InChI is InChI=1S/C18H12ClF3N4O3/c19-16-12(22)1-8-15(27)9(18(28)29-7-4-24-5-7)6-26(17(8)25-16)14-3-13(23)10(20)2-11(14)21/h1-3,6-7,24H,4-5,23H2. The number of hydrogen-bond acceptors (Lipinski definition) is 6. The summed E-state index contributed by atoms with van der Waals surface area (Å²) in [7, 11) is 0. The number of benzene rings is 1. The van der Waals surface area contributed by atoms with E-state index in [1.807, 2.05) is 0 Å². The Labute approximate surface area is 165 Å². The molecule has 0 radical (unpaired) electrons. The van der Waals surface area contributed by atoms with E-state index in [0.717, 1.165) is 22.9 Å². The van der Waals surface area contributed by atoms with Gasteiger partial charge in [0.05, 0.1) is 16.8 Å². The zero-order valence-electron chi connectivity index (χ0n) is 14.5. The average Bonchev–Trinajstić information content (AvgIpc) is 2.63. The first-order valence-corrected chi connectivity index (χ1v) is 8.72. The van der Waals surface area contributed by atoms with Gasteiger partial charge in [0.25, 0.3) is 0 Å². The Morgan fingerprint density at radius 2 is 1.93 bits per heavy atom. The van der Waals surface area contributed by atoms with Gasteiger partial charge in [0, 0.05) is 25.4 Å². The minimum atomic E-state index is -1.05. The second-order valence-corrected chi connectivity index (χ2v) is 6.74. The molecule has 0 bridgehead atoms. The summed E-state index contributed by atoms with van der Waals surface area (Å²) in [4.78, 5) is 29.0. The Kier molecular flexibility index (Phi) is 4.67. The molecule has 0 aliphatic carbocycles. The molecule has 0 unspecified atom stereocenters. The second-order valence-electron chi connectivity index (χ2n) is 6.38. The minimum Gasteiger partial charge on any atom is -0.456 e. The lowest BCUT2D eigenvalue weighted by molar-refractivity contribution is 0.0167. The molecule has 3 N–H and O–H groups in total. The van der Waals surface area contributed by atoms with Gasteiger partial charge >= 0.3 is 5.97 Å². The molecular weight excluding hydrogens is 413 g/mol. The van der Waals surface area contributed by atoms with Crippen molar-refractivity contribution in [3.8, 4) is 5.69 Å². The normalized spacial score (nSPS) is 14.1. The van der Waals surface area contributed by atoms with Gasteiger partial charge < -0.3 is 15.8 Å². The zero-order valence-corrected chi connectivity index (χ0v) is 15.3. The fraction of sp³-hybridized carbons (Fsp3) is 0.167. The van der Waals surface area contributed by atoms with Crippen molar-refractivity contribution in [3.05, 3.63) is 62.8 Å². The van der Waals surface area contributed by atoms with Gasteiger partial charge in [-0.05, 0) is 12.1 Å². The van der Waals surface area contributed by atoms with E-state index in [1.54, 1.807) is 0 Å². The average molecular weight is 425 g/mol. The van der Waals surface area contributed by atoms with E-state index < -0.39 is 45.7 Å². The van der Waals surface area contributed by atoms with E-state index in [9.17, 15) is 22.8 Å². The van der Waals surface area contributed by atoms with Crippen molar-refractivity contribution >= 4 is 34.3 Å². The summed E-state index contributed by atoms with van der Waals surface area (Å²) in [6.07, 6.45) is 0.556. The number of carbonyl (C=O) groups is 1. The molecule has 1 saturated heterocycles. The van der Waals surface area contributed by atoms with Crippen molar-refractivity contribution in [2.24, 2.45) is 0 Å². The summed E-state index contributed by atoms with van der Waals surface area (Å²) in [6.45, 7) is 0.838. The van der Waals surface area contributed by atoms with Crippen molar-refractivity contribution in [2.75, 3.05) is 18.8 Å². The lowest BCUT2D eigenvalue weighted by Crippen LogP contribution is -2.49. The number of rotatable bonds is 3. The lowest BCUT2D eigenvalue weighted by Gasteiger charge is -2.26. The van der Waals surface area contributed by atoms with E-state index in [-0.39, 0.29) is 22.4 Å². The highest BCUT2D eigenvalue weighted by Gasteiger charge is 2.26. The Balaban J connectivity index is 2.00. The van der Waals surface area contributed by atoms with Crippen LogP contribution in [0, 0.1) is 17.5 Å². The third kappa shape index (κ3) is 3.30. The minimum absolute atomic E-state index is 0.242. The topological polar surface area (TPSA) is 99.2 Å². The Hall–Kier alpha value is -3.11. The van der Waals surface area contributed by atoms with Crippen LogP contribution in [0.5, 0.6) is 0 Å². The summed E-state index contributed by atoms with van der Waals surface area (Å²) in [5.41, 5.74) is 3.24. The predicted octanol–water partition coefficient (Wildman–Crippen LogP) is 2.17. The zero-order chi connectivity index (χ0) is 20.9. The van der Waals surface area contributed by atoms with Gasteiger partial charge in [-0.1, -0.05) is 11.6 Å². The number of anilines is 1. The smallest absolute Gasteiger partial charge is 0.344 e. The first kappa shape index (κ1) is 19.2. The third-order valence-corrected chi connectivity index (χ3v) is 4.72. The fourth-order valence-corrected chi connectivity index (χ4v) is 2.96. The van der Waals surface area contributed by atoms with Crippen LogP contribution in [0.3, 0.4) is 0 Å². The van der Waals surface area contributed by atoms with Crippen molar-refractivity contribution < 1.29 is 22.7 Å². The maximum Gasteiger partial charge on any atom is 0.344 e. The van der Waals surface area contributed by atoms with Crippen LogP contribution in [0.2, 0.25) is 5.15 Å². The highest BCUT2D eigenvalue weighted by Crippen LogP contribution is 2.25. The number of aromatic nitrogens is 2. The number of nitrogens with zero attached hydrogens (tertiary/aromatic N) is 2. The number of hydrogen-bond donors (Lipinski definition) is 2. The summed E-state index contributed by atoms with van der Waals surface area (Å²) >= 11 is 5.71. The molecule has 0 saturated carbocycles. The first-order chi connectivity index (χ1) is 13.8. The van der Waals surface area contributed by atoms with E-state index in [2.05, 4.69) is 10.3 Å². The Bertz CT molecular complexity index is 1230. The van der Waals surface area contributed by atoms with Crippen LogP contribution < -0.4 is 16.5 Å². The van der Waals surface area contributed by atoms with Crippen LogP contribution in [0.4, 0.5) is 18.9 Å². The molecule has 3 heterocycles.